The number of amides is 1. The van der Waals surface area contributed by atoms with Gasteiger partial charge in [0.25, 0.3) is 5.91 Å². The van der Waals surface area contributed by atoms with Crippen LogP contribution in [-0.2, 0) is 6.54 Å². The van der Waals surface area contributed by atoms with Crippen LogP contribution in [0, 0.1) is 5.92 Å². The van der Waals surface area contributed by atoms with Gasteiger partial charge in [-0.25, -0.2) is 4.98 Å². The number of carbonyl (C=O) groups excluding carboxylic acids is 1. The van der Waals surface area contributed by atoms with E-state index in [0.717, 1.165) is 72.2 Å². The van der Waals surface area contributed by atoms with E-state index in [1.807, 2.05) is 48.7 Å². The quantitative estimate of drug-likeness (QED) is 0.243. The van der Waals surface area contributed by atoms with E-state index in [0.29, 0.717) is 17.6 Å². The van der Waals surface area contributed by atoms with Crippen LogP contribution in [0.2, 0.25) is 0 Å². The van der Waals surface area contributed by atoms with Gasteiger partial charge in [-0.1, -0.05) is 12.1 Å². The normalized spacial score (nSPS) is 19.3. The van der Waals surface area contributed by atoms with Crippen LogP contribution in [0.5, 0.6) is 0 Å². The molecule has 0 aliphatic carbocycles. The zero-order valence-corrected chi connectivity index (χ0v) is 23.7. The number of piperidine rings is 1. The standard InChI is InChI=1S/C32H41N7O/c1-22-4-3-17-38(22)21-31-36-29-12-11-28(18-30(29)37-31)35-32(40)26-9-7-25(8-10-26)27-19-34-39(20-27)23(2)5-6-24-13-15-33-16-14-24/h7-12,18-20,22-24,33H,3-6,13-17,21H2,1-2H3,(H,35,40)(H,36,37)/t22-,23?/m0/s1. The summed E-state index contributed by atoms with van der Waals surface area (Å²) in [5.74, 6) is 1.68. The Morgan fingerprint density at radius 2 is 1.93 bits per heavy atom. The van der Waals surface area contributed by atoms with Crippen molar-refractivity contribution in [2.24, 2.45) is 5.92 Å². The minimum atomic E-state index is -0.126. The predicted octanol–water partition coefficient (Wildman–Crippen LogP) is 6.00. The average Bonchev–Trinajstić information content (AvgIpc) is 3.72. The van der Waals surface area contributed by atoms with Gasteiger partial charge in [0.15, 0.2) is 0 Å². The van der Waals surface area contributed by atoms with Crippen molar-refractivity contribution in [2.45, 2.75) is 71.0 Å². The van der Waals surface area contributed by atoms with Gasteiger partial charge in [-0.3, -0.25) is 14.4 Å². The largest absolute Gasteiger partial charge is 0.341 e. The van der Waals surface area contributed by atoms with Gasteiger partial charge in [-0.05, 0) is 114 Å². The van der Waals surface area contributed by atoms with Crippen LogP contribution in [-0.4, -0.2) is 56.2 Å². The van der Waals surface area contributed by atoms with E-state index in [1.54, 1.807) is 0 Å². The molecule has 2 aliphatic heterocycles. The van der Waals surface area contributed by atoms with Gasteiger partial charge in [-0.15, -0.1) is 0 Å². The third-order valence-electron chi connectivity index (χ3n) is 8.82. The van der Waals surface area contributed by atoms with E-state index in [1.165, 1.54) is 32.1 Å². The topological polar surface area (TPSA) is 90.9 Å². The first-order valence-corrected chi connectivity index (χ1v) is 14.9. The molecular formula is C32H41N7O. The molecule has 0 spiro atoms. The first kappa shape index (κ1) is 26.7. The second kappa shape index (κ2) is 11.9. The number of benzene rings is 2. The fraction of sp³-hybridized carbons (Fsp3) is 0.469. The summed E-state index contributed by atoms with van der Waals surface area (Å²) >= 11 is 0. The molecule has 8 nitrogen and oxygen atoms in total. The Morgan fingerprint density at radius 1 is 1.10 bits per heavy atom. The molecular weight excluding hydrogens is 498 g/mol. The number of aromatic amines is 1. The van der Waals surface area contributed by atoms with Crippen LogP contribution in [0.4, 0.5) is 5.69 Å². The van der Waals surface area contributed by atoms with E-state index in [-0.39, 0.29) is 5.91 Å². The predicted molar refractivity (Wildman–Crippen MR) is 160 cm³/mol. The number of anilines is 1. The van der Waals surface area contributed by atoms with Gasteiger partial charge >= 0.3 is 0 Å². The number of likely N-dealkylation sites (tertiary alicyclic amines) is 1. The molecule has 0 saturated carbocycles. The minimum Gasteiger partial charge on any atom is -0.341 e. The number of rotatable bonds is 9. The molecule has 40 heavy (non-hydrogen) atoms. The van der Waals surface area contributed by atoms with E-state index < -0.39 is 0 Å². The molecule has 2 atom stereocenters. The monoisotopic (exact) mass is 539 g/mol. The summed E-state index contributed by atoms with van der Waals surface area (Å²) in [5, 5.41) is 11.1. The highest BCUT2D eigenvalue weighted by atomic mass is 16.1. The van der Waals surface area contributed by atoms with Crippen molar-refractivity contribution in [3.63, 3.8) is 0 Å². The van der Waals surface area contributed by atoms with Crippen LogP contribution in [0.1, 0.15) is 74.6 Å². The number of H-pyrrole nitrogens is 1. The van der Waals surface area contributed by atoms with Crippen LogP contribution < -0.4 is 10.6 Å². The Bertz CT molecular complexity index is 1430. The van der Waals surface area contributed by atoms with Gasteiger partial charge < -0.3 is 15.6 Å². The van der Waals surface area contributed by atoms with Gasteiger partial charge in [0.1, 0.15) is 5.82 Å². The lowest BCUT2D eigenvalue weighted by Crippen LogP contribution is -2.28. The molecule has 6 rings (SSSR count). The summed E-state index contributed by atoms with van der Waals surface area (Å²) in [6.07, 6.45) is 11.5. The highest BCUT2D eigenvalue weighted by Crippen LogP contribution is 2.26. The summed E-state index contributed by atoms with van der Waals surface area (Å²) in [6.45, 7) is 8.79. The van der Waals surface area contributed by atoms with Crippen LogP contribution in [0.15, 0.2) is 54.9 Å². The molecule has 2 aliphatic rings. The summed E-state index contributed by atoms with van der Waals surface area (Å²) in [7, 11) is 0. The van der Waals surface area contributed by atoms with Crippen LogP contribution in [0.25, 0.3) is 22.2 Å². The lowest BCUT2D eigenvalue weighted by Gasteiger charge is -2.23. The number of nitrogens with one attached hydrogen (secondary N) is 3. The average molecular weight is 540 g/mol. The first-order valence-electron chi connectivity index (χ1n) is 14.9. The molecule has 210 valence electrons. The Labute approximate surface area is 236 Å². The van der Waals surface area contributed by atoms with Crippen molar-refractivity contribution in [3.05, 3.63) is 66.2 Å². The van der Waals surface area contributed by atoms with E-state index >= 15 is 0 Å². The highest BCUT2D eigenvalue weighted by molar-refractivity contribution is 6.05. The van der Waals surface area contributed by atoms with E-state index in [4.69, 9.17) is 4.98 Å². The Morgan fingerprint density at radius 3 is 2.70 bits per heavy atom. The number of carbonyl (C=O) groups is 1. The third kappa shape index (κ3) is 6.13. The van der Waals surface area contributed by atoms with Crippen LogP contribution >= 0.6 is 0 Å². The van der Waals surface area contributed by atoms with E-state index in [2.05, 4.69) is 50.3 Å². The number of fused-ring (bicyclic) bond motifs is 1. The zero-order chi connectivity index (χ0) is 27.5. The summed E-state index contributed by atoms with van der Waals surface area (Å²) in [6, 6.07) is 14.6. The SMILES string of the molecule is CC(CCC1CCNCC1)n1cc(-c2ccc(C(=O)Nc3ccc4nc(CN5CCC[C@@H]5C)[nH]c4c3)cc2)cn1. The summed E-state index contributed by atoms with van der Waals surface area (Å²) < 4.78 is 2.08. The molecule has 2 saturated heterocycles. The summed E-state index contributed by atoms with van der Waals surface area (Å²) in [5.41, 5.74) is 5.38. The molecule has 1 amide bonds. The fourth-order valence-corrected chi connectivity index (χ4v) is 6.16. The number of aromatic nitrogens is 4. The van der Waals surface area contributed by atoms with Gasteiger partial charge in [0.2, 0.25) is 0 Å². The first-order chi connectivity index (χ1) is 19.5. The van der Waals surface area contributed by atoms with Crippen LogP contribution in [0.3, 0.4) is 0 Å². The number of hydrogen-bond donors (Lipinski definition) is 3. The van der Waals surface area contributed by atoms with Crippen molar-refractivity contribution >= 4 is 22.6 Å². The molecule has 1 unspecified atom stereocenters. The number of hydrogen-bond acceptors (Lipinski definition) is 5. The number of nitrogens with zero attached hydrogens (tertiary/aromatic N) is 4. The Kier molecular flexibility index (Phi) is 7.98. The lowest BCUT2D eigenvalue weighted by molar-refractivity contribution is 0.102. The maximum atomic E-state index is 13.0. The molecule has 0 bridgehead atoms. The molecule has 4 heterocycles. The highest BCUT2D eigenvalue weighted by Gasteiger charge is 2.21. The van der Waals surface area contributed by atoms with Gasteiger partial charge in [-0.2, -0.15) is 5.10 Å². The zero-order valence-electron chi connectivity index (χ0n) is 23.7. The molecule has 0 radical (unpaired) electrons. The van der Waals surface area contributed by atoms with Crippen molar-refractivity contribution in [3.8, 4) is 11.1 Å². The smallest absolute Gasteiger partial charge is 0.255 e. The second-order valence-corrected chi connectivity index (χ2v) is 11.7. The maximum Gasteiger partial charge on any atom is 0.255 e. The fourth-order valence-electron chi connectivity index (χ4n) is 6.16. The minimum absolute atomic E-state index is 0.126. The van der Waals surface area contributed by atoms with E-state index in [9.17, 15) is 4.79 Å². The van der Waals surface area contributed by atoms with Crippen molar-refractivity contribution in [2.75, 3.05) is 25.0 Å². The lowest BCUT2D eigenvalue weighted by atomic mass is 9.92. The summed E-state index contributed by atoms with van der Waals surface area (Å²) in [4.78, 5) is 23.7. The van der Waals surface area contributed by atoms with Crippen molar-refractivity contribution in [1.29, 1.82) is 0 Å². The molecule has 3 N–H and O–H groups in total. The molecule has 2 aromatic carbocycles. The molecule has 4 aromatic rings. The van der Waals surface area contributed by atoms with Crippen molar-refractivity contribution < 1.29 is 4.79 Å². The van der Waals surface area contributed by atoms with Gasteiger partial charge in [0.05, 0.1) is 23.8 Å². The molecule has 8 heteroatoms. The Hall–Kier alpha value is -3.49. The molecule has 2 aromatic heterocycles. The molecule has 2 fully saturated rings. The number of imidazole rings is 1. The van der Waals surface area contributed by atoms with Crippen molar-refractivity contribution in [1.82, 2.24) is 30.0 Å². The Balaban J connectivity index is 1.05. The maximum absolute atomic E-state index is 13.0. The third-order valence-corrected chi connectivity index (χ3v) is 8.82. The van der Waals surface area contributed by atoms with Gasteiger partial charge in [0, 0.05) is 35.1 Å². The second-order valence-electron chi connectivity index (χ2n) is 11.7.